The van der Waals surface area contributed by atoms with Gasteiger partial charge in [0, 0.05) is 5.54 Å². The Kier molecular flexibility index (Phi) is 5.10. The Hall–Kier alpha value is -1.63. The quantitative estimate of drug-likeness (QED) is 0.499. The van der Waals surface area contributed by atoms with Gasteiger partial charge in [-0.1, -0.05) is 0 Å². The van der Waals surface area contributed by atoms with Crippen LogP contribution in [0.3, 0.4) is 0 Å². The molecule has 0 amide bonds. The number of rotatable bonds is 4. The predicted molar refractivity (Wildman–Crippen MR) is 77.8 cm³/mol. The molecular formula is C13H20FN3O2S. The number of sulfone groups is 1. The van der Waals surface area contributed by atoms with Crippen LogP contribution in [-0.4, -0.2) is 32.2 Å². The van der Waals surface area contributed by atoms with Crippen molar-refractivity contribution in [1.29, 1.82) is 0 Å². The highest BCUT2D eigenvalue weighted by atomic mass is 32.2. The van der Waals surface area contributed by atoms with Crippen LogP contribution in [0.15, 0.2) is 34.2 Å². The summed E-state index contributed by atoms with van der Waals surface area (Å²) in [6, 6.07) is 4.72. The zero-order valence-electron chi connectivity index (χ0n) is 11.9. The molecule has 0 aliphatic carbocycles. The van der Waals surface area contributed by atoms with Crippen LogP contribution in [0.4, 0.5) is 4.39 Å². The van der Waals surface area contributed by atoms with Crippen LogP contribution in [0.5, 0.6) is 0 Å². The van der Waals surface area contributed by atoms with E-state index < -0.39 is 15.7 Å². The van der Waals surface area contributed by atoms with Gasteiger partial charge in [0.15, 0.2) is 15.8 Å². The highest BCUT2D eigenvalue weighted by Crippen LogP contribution is 2.11. The summed E-state index contributed by atoms with van der Waals surface area (Å²) >= 11 is 0. The van der Waals surface area contributed by atoms with Crippen molar-refractivity contribution in [3.63, 3.8) is 0 Å². The van der Waals surface area contributed by atoms with Crippen molar-refractivity contribution in [2.45, 2.75) is 31.2 Å². The van der Waals surface area contributed by atoms with Crippen molar-refractivity contribution >= 4 is 15.8 Å². The summed E-state index contributed by atoms with van der Waals surface area (Å²) in [5.74, 6) is -0.446. The average molecular weight is 301 g/mol. The summed E-state index contributed by atoms with van der Waals surface area (Å²) in [7, 11) is -3.47. The summed E-state index contributed by atoms with van der Waals surface area (Å²) in [6.07, 6.45) is 0. The zero-order valence-corrected chi connectivity index (χ0v) is 12.7. The molecule has 0 saturated heterocycles. The van der Waals surface area contributed by atoms with Gasteiger partial charge in [0.25, 0.3) is 0 Å². The molecule has 7 heteroatoms. The molecule has 0 aromatic heterocycles. The standard InChI is InChI=1S/C13H20FN3O2S/c1-13(2,3)17-12(15)16-8-9-20(18,19)11-6-4-10(14)5-7-11/h4-7H,8-9H2,1-3H3,(H3,15,16,17). The Morgan fingerprint density at radius 2 is 1.85 bits per heavy atom. The summed E-state index contributed by atoms with van der Waals surface area (Å²) in [4.78, 5) is 4.05. The van der Waals surface area contributed by atoms with E-state index in [1.807, 2.05) is 20.8 Å². The molecule has 0 aliphatic rings. The fourth-order valence-corrected chi connectivity index (χ4v) is 2.59. The molecule has 0 heterocycles. The smallest absolute Gasteiger partial charge is 0.189 e. The molecule has 1 rings (SSSR count). The van der Waals surface area contributed by atoms with E-state index in [-0.39, 0.29) is 28.7 Å². The van der Waals surface area contributed by atoms with Crippen molar-refractivity contribution in [3.05, 3.63) is 30.1 Å². The maximum absolute atomic E-state index is 12.7. The van der Waals surface area contributed by atoms with Crippen LogP contribution in [0.1, 0.15) is 20.8 Å². The van der Waals surface area contributed by atoms with Gasteiger partial charge in [-0.25, -0.2) is 12.8 Å². The molecule has 0 atom stereocenters. The van der Waals surface area contributed by atoms with Gasteiger partial charge in [0.2, 0.25) is 0 Å². The first-order valence-electron chi connectivity index (χ1n) is 6.16. The lowest BCUT2D eigenvalue weighted by Gasteiger charge is -2.20. The topological polar surface area (TPSA) is 84.5 Å². The number of nitrogens with zero attached hydrogens (tertiary/aromatic N) is 1. The molecule has 20 heavy (non-hydrogen) atoms. The van der Waals surface area contributed by atoms with Gasteiger partial charge in [-0.2, -0.15) is 0 Å². The molecule has 0 bridgehead atoms. The zero-order chi connectivity index (χ0) is 15.4. The lowest BCUT2D eigenvalue weighted by atomic mass is 10.1. The molecule has 1 aromatic carbocycles. The predicted octanol–water partition coefficient (Wildman–Crippen LogP) is 1.30. The summed E-state index contributed by atoms with van der Waals surface area (Å²) < 4.78 is 36.7. The van der Waals surface area contributed by atoms with Crippen LogP contribution in [0.2, 0.25) is 0 Å². The maximum Gasteiger partial charge on any atom is 0.189 e. The van der Waals surface area contributed by atoms with Crippen molar-refractivity contribution in [2.24, 2.45) is 10.7 Å². The lowest BCUT2D eigenvalue weighted by molar-refractivity contribution is 0.508. The number of aliphatic imine (C=N–C) groups is 1. The Bertz CT molecular complexity index is 575. The molecular weight excluding hydrogens is 281 g/mol. The minimum atomic E-state index is -3.47. The van der Waals surface area contributed by atoms with Crippen LogP contribution >= 0.6 is 0 Å². The van der Waals surface area contributed by atoms with Crippen LogP contribution in [0, 0.1) is 5.82 Å². The molecule has 5 nitrogen and oxygen atoms in total. The van der Waals surface area contributed by atoms with Crippen molar-refractivity contribution in [1.82, 2.24) is 5.32 Å². The van der Waals surface area contributed by atoms with Gasteiger partial charge < -0.3 is 11.1 Å². The summed E-state index contributed by atoms with van der Waals surface area (Å²) in [5, 5.41) is 2.94. The summed E-state index contributed by atoms with van der Waals surface area (Å²) in [5.41, 5.74) is 5.41. The Balaban J connectivity index is 2.65. The molecule has 0 spiro atoms. The number of hydrogen-bond donors (Lipinski definition) is 2. The number of benzene rings is 1. The maximum atomic E-state index is 12.7. The van der Waals surface area contributed by atoms with Gasteiger partial charge in [-0.05, 0) is 45.0 Å². The first kappa shape index (κ1) is 16.4. The van der Waals surface area contributed by atoms with Crippen LogP contribution in [-0.2, 0) is 9.84 Å². The second-order valence-corrected chi connectivity index (χ2v) is 7.52. The minimum Gasteiger partial charge on any atom is -0.370 e. The van der Waals surface area contributed by atoms with E-state index in [1.54, 1.807) is 0 Å². The van der Waals surface area contributed by atoms with Gasteiger partial charge in [-0.3, -0.25) is 4.99 Å². The van der Waals surface area contributed by atoms with E-state index in [9.17, 15) is 12.8 Å². The summed E-state index contributed by atoms with van der Waals surface area (Å²) in [6.45, 7) is 5.81. The van der Waals surface area contributed by atoms with E-state index in [1.165, 1.54) is 12.1 Å². The van der Waals surface area contributed by atoms with Gasteiger partial charge in [-0.15, -0.1) is 0 Å². The van der Waals surface area contributed by atoms with Crippen LogP contribution < -0.4 is 11.1 Å². The molecule has 0 aliphatic heterocycles. The van der Waals surface area contributed by atoms with Crippen molar-refractivity contribution in [2.75, 3.05) is 12.3 Å². The molecule has 3 N–H and O–H groups in total. The van der Waals surface area contributed by atoms with Crippen molar-refractivity contribution in [3.8, 4) is 0 Å². The second-order valence-electron chi connectivity index (χ2n) is 5.41. The molecule has 0 saturated carbocycles. The minimum absolute atomic E-state index is 0.0502. The Labute approximate surface area is 119 Å². The van der Waals surface area contributed by atoms with Gasteiger partial charge >= 0.3 is 0 Å². The fourth-order valence-electron chi connectivity index (χ4n) is 1.47. The van der Waals surface area contributed by atoms with E-state index in [4.69, 9.17) is 5.73 Å². The van der Waals surface area contributed by atoms with Gasteiger partial charge in [0.05, 0.1) is 17.2 Å². The number of guanidine groups is 1. The number of nitrogens with one attached hydrogen (secondary N) is 1. The molecule has 0 fully saturated rings. The second kappa shape index (κ2) is 6.21. The highest BCUT2D eigenvalue weighted by molar-refractivity contribution is 7.91. The van der Waals surface area contributed by atoms with Crippen molar-refractivity contribution < 1.29 is 12.8 Å². The first-order chi connectivity index (χ1) is 9.10. The van der Waals surface area contributed by atoms with E-state index in [0.29, 0.717) is 0 Å². The van der Waals surface area contributed by atoms with E-state index in [0.717, 1.165) is 12.1 Å². The SMILES string of the molecule is CC(C)(C)NC(N)=NCCS(=O)(=O)c1ccc(F)cc1. The normalized spacial score (nSPS) is 13.3. The largest absolute Gasteiger partial charge is 0.370 e. The van der Waals surface area contributed by atoms with E-state index in [2.05, 4.69) is 10.3 Å². The third-order valence-electron chi connectivity index (χ3n) is 2.32. The lowest BCUT2D eigenvalue weighted by Crippen LogP contribution is -2.45. The monoisotopic (exact) mass is 301 g/mol. The molecule has 112 valence electrons. The average Bonchev–Trinajstić information content (AvgIpc) is 2.26. The molecule has 0 unspecified atom stereocenters. The third-order valence-corrected chi connectivity index (χ3v) is 4.03. The molecule has 1 aromatic rings. The van der Waals surface area contributed by atoms with Gasteiger partial charge in [0.1, 0.15) is 5.82 Å². The van der Waals surface area contributed by atoms with Crippen LogP contribution in [0.25, 0.3) is 0 Å². The molecule has 0 radical (unpaired) electrons. The first-order valence-corrected chi connectivity index (χ1v) is 7.82. The Morgan fingerprint density at radius 3 is 2.35 bits per heavy atom. The number of nitrogens with two attached hydrogens (primary N) is 1. The van der Waals surface area contributed by atoms with E-state index >= 15 is 0 Å². The highest BCUT2D eigenvalue weighted by Gasteiger charge is 2.14. The third kappa shape index (κ3) is 5.56. The fraction of sp³-hybridized carbons (Fsp3) is 0.462. The Morgan fingerprint density at radius 1 is 1.30 bits per heavy atom. The number of halogens is 1. The number of hydrogen-bond acceptors (Lipinski definition) is 3.